The Morgan fingerprint density at radius 2 is 1.92 bits per heavy atom. The number of amides is 1. The van der Waals surface area contributed by atoms with Crippen molar-refractivity contribution in [2.45, 2.75) is 43.2 Å². The standard InChI is InChI=1S/C23H21F5N10O/c1-37-9-11(7-30-37)22(10-3-4-10)14-16(29)34-18(35-17(14)36-20(22)39)15-12-8-31-38(2)19(12)33-13(32-15)5-6-21(24,25)23(26,27)28/h7-10H,3-6H2,1-2H3,(H3,29,34,35,36,39)/i2D3. The molecule has 1 saturated carbocycles. The average molecular weight is 551 g/mol. The van der Waals surface area contributed by atoms with Gasteiger partial charge in [0, 0.05) is 42.7 Å². The number of fused-ring (bicyclic) bond motifs is 2. The molecule has 0 radical (unpaired) electrons. The van der Waals surface area contributed by atoms with Crippen LogP contribution >= 0.6 is 0 Å². The summed E-state index contributed by atoms with van der Waals surface area (Å²) < 4.78 is 91.1. The Kier molecular flexibility index (Phi) is 4.52. The minimum atomic E-state index is -5.81. The largest absolute Gasteiger partial charge is 0.453 e. The number of carbonyl (C=O) groups excluding carboxylic acids is 1. The van der Waals surface area contributed by atoms with E-state index in [0.717, 1.165) is 19.0 Å². The second-order valence-electron chi connectivity index (χ2n) is 9.58. The van der Waals surface area contributed by atoms with E-state index in [1.54, 1.807) is 24.1 Å². The van der Waals surface area contributed by atoms with E-state index in [2.05, 4.69) is 35.5 Å². The maximum atomic E-state index is 13.7. The quantitative estimate of drug-likeness (QED) is 0.349. The van der Waals surface area contributed by atoms with Crippen molar-refractivity contribution in [1.82, 2.24) is 39.5 Å². The van der Waals surface area contributed by atoms with Crippen molar-refractivity contribution >= 4 is 28.6 Å². The number of anilines is 2. The molecule has 11 nitrogen and oxygen atoms in total. The molecular weight excluding hydrogens is 527 g/mol. The lowest BCUT2D eigenvalue weighted by Crippen LogP contribution is -2.38. The van der Waals surface area contributed by atoms with Crippen LogP contribution in [0, 0.1) is 5.92 Å². The molecule has 2 aliphatic rings. The van der Waals surface area contributed by atoms with Crippen LogP contribution in [0.4, 0.5) is 33.6 Å². The van der Waals surface area contributed by atoms with E-state index in [1.165, 1.54) is 0 Å². The van der Waals surface area contributed by atoms with Crippen molar-refractivity contribution in [2.75, 3.05) is 11.1 Å². The van der Waals surface area contributed by atoms with Gasteiger partial charge in [-0.25, -0.2) is 19.9 Å². The smallest absolute Gasteiger partial charge is 0.383 e. The van der Waals surface area contributed by atoms with Crippen LogP contribution in [0.15, 0.2) is 18.6 Å². The first-order valence-electron chi connectivity index (χ1n) is 13.2. The molecule has 0 saturated heterocycles. The summed E-state index contributed by atoms with van der Waals surface area (Å²) in [5.74, 6) is -6.38. The summed E-state index contributed by atoms with van der Waals surface area (Å²) in [5, 5.41) is 10.7. The van der Waals surface area contributed by atoms with Crippen LogP contribution in [0.3, 0.4) is 0 Å². The number of hydrogen-bond acceptors (Lipinski definition) is 8. The predicted molar refractivity (Wildman–Crippen MR) is 126 cm³/mol. The molecule has 3 N–H and O–H groups in total. The minimum Gasteiger partial charge on any atom is -0.383 e. The summed E-state index contributed by atoms with van der Waals surface area (Å²) >= 11 is 0. The van der Waals surface area contributed by atoms with Gasteiger partial charge in [-0.2, -0.15) is 32.1 Å². The monoisotopic (exact) mass is 551 g/mol. The number of aryl methyl sites for hydroxylation is 3. The van der Waals surface area contributed by atoms with Crippen molar-refractivity contribution in [1.29, 1.82) is 0 Å². The van der Waals surface area contributed by atoms with Crippen LogP contribution in [-0.4, -0.2) is 57.5 Å². The van der Waals surface area contributed by atoms with Crippen molar-refractivity contribution in [2.24, 2.45) is 19.9 Å². The van der Waals surface area contributed by atoms with Gasteiger partial charge in [-0.1, -0.05) is 0 Å². The van der Waals surface area contributed by atoms with Gasteiger partial charge in [-0.3, -0.25) is 14.2 Å². The lowest BCUT2D eigenvalue weighted by molar-refractivity contribution is -0.284. The Hall–Kier alpha value is -4.24. The molecule has 39 heavy (non-hydrogen) atoms. The van der Waals surface area contributed by atoms with Gasteiger partial charge >= 0.3 is 12.1 Å². The maximum Gasteiger partial charge on any atom is 0.453 e. The Morgan fingerprint density at radius 1 is 1.15 bits per heavy atom. The normalized spacial score (nSPS) is 21.0. The molecule has 0 aromatic carbocycles. The molecule has 4 aromatic rings. The van der Waals surface area contributed by atoms with E-state index < -0.39 is 49.1 Å². The van der Waals surface area contributed by atoms with Crippen molar-refractivity contribution in [3.63, 3.8) is 0 Å². The molecular formula is C23H21F5N10O. The lowest BCUT2D eigenvalue weighted by Gasteiger charge is -2.26. The van der Waals surface area contributed by atoms with Crippen LogP contribution in [-0.2, 0) is 30.7 Å². The number of nitrogens with one attached hydrogen (secondary N) is 1. The summed E-state index contributed by atoms with van der Waals surface area (Å²) in [6, 6.07) is 0. The Labute approximate surface area is 220 Å². The maximum absolute atomic E-state index is 13.7. The molecule has 1 amide bonds. The zero-order valence-corrected chi connectivity index (χ0v) is 20.1. The molecule has 0 bridgehead atoms. The van der Waals surface area contributed by atoms with Crippen LogP contribution in [0.2, 0.25) is 0 Å². The molecule has 1 unspecified atom stereocenters. The second-order valence-corrected chi connectivity index (χ2v) is 9.58. The van der Waals surface area contributed by atoms with Gasteiger partial charge in [0.25, 0.3) is 0 Å². The minimum absolute atomic E-state index is 0.0261. The third-order valence-corrected chi connectivity index (χ3v) is 7.04. The number of rotatable bonds is 6. The predicted octanol–water partition coefficient (Wildman–Crippen LogP) is 2.91. The second kappa shape index (κ2) is 8.13. The van der Waals surface area contributed by atoms with Gasteiger partial charge in [-0.15, -0.1) is 0 Å². The zero-order valence-electron chi connectivity index (χ0n) is 23.1. The van der Waals surface area contributed by atoms with Crippen LogP contribution in [0.25, 0.3) is 22.6 Å². The Balaban J connectivity index is 1.51. The first-order chi connectivity index (χ1) is 19.5. The Bertz CT molecular complexity index is 1750. The van der Waals surface area contributed by atoms with Gasteiger partial charge in [-0.05, 0) is 18.8 Å². The van der Waals surface area contributed by atoms with E-state index in [1.807, 2.05) is 0 Å². The molecule has 1 fully saturated rings. The summed E-state index contributed by atoms with van der Waals surface area (Å²) in [7, 11) is 1.70. The molecule has 4 aromatic heterocycles. The summed E-state index contributed by atoms with van der Waals surface area (Å²) in [6.45, 7) is -2.88. The van der Waals surface area contributed by atoms with Gasteiger partial charge < -0.3 is 11.1 Å². The summed E-state index contributed by atoms with van der Waals surface area (Å²) in [5.41, 5.74) is 5.55. The highest BCUT2D eigenvalue weighted by Crippen LogP contribution is 2.57. The van der Waals surface area contributed by atoms with Gasteiger partial charge in [0.2, 0.25) is 5.91 Å². The molecule has 5 heterocycles. The number of nitrogen functional groups attached to an aromatic ring is 1. The van der Waals surface area contributed by atoms with E-state index in [0.29, 0.717) is 15.8 Å². The molecule has 0 spiro atoms. The highest BCUT2D eigenvalue weighted by atomic mass is 19.4. The first-order valence-corrected chi connectivity index (χ1v) is 11.7. The molecule has 1 aliphatic carbocycles. The highest BCUT2D eigenvalue weighted by molar-refractivity contribution is 6.10. The summed E-state index contributed by atoms with van der Waals surface area (Å²) in [4.78, 5) is 30.4. The van der Waals surface area contributed by atoms with E-state index in [-0.39, 0.29) is 40.1 Å². The summed E-state index contributed by atoms with van der Waals surface area (Å²) in [6.07, 6.45) is -2.67. The number of aromatic nitrogens is 8. The molecule has 1 atom stereocenters. The lowest BCUT2D eigenvalue weighted by atomic mass is 9.73. The van der Waals surface area contributed by atoms with Crippen molar-refractivity contribution in [3.05, 3.63) is 35.5 Å². The third kappa shape index (κ3) is 3.71. The topological polar surface area (TPSA) is 142 Å². The average Bonchev–Trinajstić information content (AvgIpc) is 3.35. The van der Waals surface area contributed by atoms with Crippen LogP contribution < -0.4 is 11.1 Å². The first kappa shape index (κ1) is 21.7. The zero-order chi connectivity index (χ0) is 30.4. The molecule has 6 rings (SSSR count). The van der Waals surface area contributed by atoms with E-state index in [9.17, 15) is 26.7 Å². The fraction of sp³-hybridized carbons (Fsp3) is 0.435. The van der Waals surface area contributed by atoms with E-state index >= 15 is 0 Å². The fourth-order valence-corrected chi connectivity index (χ4v) is 5.07. The molecule has 16 heteroatoms. The SMILES string of the molecule is [2H]C([2H])([2H])n1ncc2c(-c3nc(N)c4c(n3)NC(=O)C4(c3cnn(C)c3)C3CC3)nc(CCC(F)(F)C(F)(F)F)nc21. The van der Waals surface area contributed by atoms with Gasteiger partial charge in [0.1, 0.15) is 28.6 Å². The Morgan fingerprint density at radius 3 is 2.56 bits per heavy atom. The van der Waals surface area contributed by atoms with Gasteiger partial charge in [0.15, 0.2) is 11.5 Å². The number of carbonyl (C=O) groups is 1. The van der Waals surface area contributed by atoms with Crippen LogP contribution in [0.5, 0.6) is 0 Å². The number of nitrogens with two attached hydrogens (primary N) is 1. The highest BCUT2D eigenvalue weighted by Gasteiger charge is 2.60. The third-order valence-electron chi connectivity index (χ3n) is 7.04. The number of hydrogen-bond donors (Lipinski definition) is 2. The fourth-order valence-electron chi connectivity index (χ4n) is 5.07. The van der Waals surface area contributed by atoms with E-state index in [4.69, 9.17) is 9.85 Å². The molecule has 1 aliphatic heterocycles. The number of nitrogens with zero attached hydrogens (tertiary/aromatic N) is 8. The van der Waals surface area contributed by atoms with Crippen LogP contribution in [0.1, 0.15) is 40.3 Å². The van der Waals surface area contributed by atoms with Crippen molar-refractivity contribution in [3.8, 4) is 11.5 Å². The number of alkyl halides is 5. The molecule has 204 valence electrons. The van der Waals surface area contributed by atoms with Crippen molar-refractivity contribution < 1.29 is 30.9 Å². The van der Waals surface area contributed by atoms with Gasteiger partial charge in [0.05, 0.1) is 23.3 Å². The number of halogens is 5.